The molecule has 216 valence electrons. The number of nitrogens with zero attached hydrogens (tertiary/aromatic N) is 4. The molecule has 1 aliphatic carbocycles. The molecule has 0 N–H and O–H groups in total. The Bertz CT molecular complexity index is 2290. The van der Waals surface area contributed by atoms with E-state index in [0.29, 0.717) is 11.4 Å². The second kappa shape index (κ2) is 10.4. The van der Waals surface area contributed by atoms with Crippen LogP contribution in [0.25, 0.3) is 55.3 Å². The van der Waals surface area contributed by atoms with E-state index < -0.39 is 7.14 Å². The number of hydrogen-bond donors (Lipinski definition) is 0. The van der Waals surface area contributed by atoms with Gasteiger partial charge in [-0.15, -0.1) is 0 Å². The zero-order valence-electron chi connectivity index (χ0n) is 24.6. The van der Waals surface area contributed by atoms with Crippen LogP contribution in [0.3, 0.4) is 0 Å². The lowest BCUT2D eigenvalue weighted by molar-refractivity contribution is 0.593. The Balaban J connectivity index is 1.40. The largest absolute Gasteiger partial charge is 0.308 e. The van der Waals surface area contributed by atoms with E-state index in [1.807, 2.05) is 103 Å². The molecule has 0 amide bonds. The fourth-order valence-corrected chi connectivity index (χ4v) is 10.2. The van der Waals surface area contributed by atoms with Gasteiger partial charge in [-0.2, -0.15) is 0 Å². The van der Waals surface area contributed by atoms with E-state index >= 15 is 4.57 Å². The second-order valence-electron chi connectivity index (χ2n) is 11.3. The molecule has 0 saturated heterocycles. The summed E-state index contributed by atoms with van der Waals surface area (Å²) >= 11 is 0. The molecule has 5 nitrogen and oxygen atoms in total. The first-order chi connectivity index (χ1) is 22.7. The topological polar surface area (TPSA) is 68.6 Å². The number of allylic oxidation sites excluding steroid dienone is 2. The van der Waals surface area contributed by atoms with Gasteiger partial charge in [0.2, 0.25) is 0 Å². The van der Waals surface area contributed by atoms with Crippen molar-refractivity contribution in [2.24, 2.45) is 0 Å². The standard InChI is InChI=1S/C40H25N4OP/c45-46(27-14-2-1-3-15-27)39(34-22-10-20-32(43-34)30-18-4-6-24-41-30)37-28-16-8-12-26-13-9-17-29(36(26)28)38(37)40(46)35-23-11-21-33(44-35)31-19-5-7-25-42-31/h1-25H. The predicted molar refractivity (Wildman–Crippen MR) is 186 cm³/mol. The lowest BCUT2D eigenvalue weighted by atomic mass is 10.00. The monoisotopic (exact) mass is 608 g/mol. The predicted octanol–water partition coefficient (Wildman–Crippen LogP) is 9.21. The van der Waals surface area contributed by atoms with Crippen LogP contribution < -0.4 is 5.30 Å². The SMILES string of the molecule is O=P1(c2ccccc2)C(c2cccc(-c3ccccn3)n2)=C2C(=C1c1cccc(-c3ccccn3)n1)c1cccc3cccc2c13. The number of benzene rings is 3. The maximum atomic E-state index is 16.5. The highest BCUT2D eigenvalue weighted by atomic mass is 31.2. The molecular weight excluding hydrogens is 583 g/mol. The van der Waals surface area contributed by atoms with Gasteiger partial charge in [0.15, 0.2) is 7.14 Å². The van der Waals surface area contributed by atoms with Crippen LogP contribution in [-0.2, 0) is 4.57 Å². The molecule has 0 atom stereocenters. The van der Waals surface area contributed by atoms with Crippen LogP contribution in [0, 0.1) is 0 Å². The van der Waals surface area contributed by atoms with Gasteiger partial charge in [0.1, 0.15) is 0 Å². The van der Waals surface area contributed by atoms with Crippen molar-refractivity contribution in [3.8, 4) is 22.8 Å². The Kier molecular flexibility index (Phi) is 6.02. The van der Waals surface area contributed by atoms with Crippen LogP contribution in [0.15, 0.2) is 152 Å². The number of aromatic nitrogens is 4. The lowest BCUT2D eigenvalue weighted by Crippen LogP contribution is -2.08. The Morgan fingerprint density at radius 2 is 0.870 bits per heavy atom. The van der Waals surface area contributed by atoms with Gasteiger partial charge in [-0.25, -0.2) is 9.97 Å². The number of rotatable bonds is 5. The molecule has 1 aliphatic heterocycles. The fourth-order valence-electron chi connectivity index (χ4n) is 6.87. The molecule has 0 saturated carbocycles. The van der Waals surface area contributed by atoms with E-state index in [1.165, 1.54) is 0 Å². The van der Waals surface area contributed by atoms with Crippen molar-refractivity contribution in [2.75, 3.05) is 0 Å². The van der Waals surface area contributed by atoms with Gasteiger partial charge >= 0.3 is 0 Å². The molecule has 46 heavy (non-hydrogen) atoms. The minimum Gasteiger partial charge on any atom is -0.308 e. The smallest absolute Gasteiger partial charge is 0.176 e. The normalized spacial score (nSPS) is 14.6. The summed E-state index contributed by atoms with van der Waals surface area (Å²) in [6.45, 7) is 0. The molecule has 0 bridgehead atoms. The first-order valence-electron chi connectivity index (χ1n) is 15.2. The molecule has 2 aliphatic rings. The summed E-state index contributed by atoms with van der Waals surface area (Å²) in [7, 11) is -3.56. The van der Waals surface area contributed by atoms with Gasteiger partial charge in [0, 0.05) is 28.8 Å². The molecular formula is C40H25N4OP. The second-order valence-corrected chi connectivity index (χ2v) is 14.0. The Labute approximate surface area is 266 Å². The molecule has 9 rings (SSSR count). The minimum atomic E-state index is -3.56. The van der Waals surface area contributed by atoms with Crippen molar-refractivity contribution in [1.29, 1.82) is 0 Å². The van der Waals surface area contributed by atoms with Gasteiger partial charge < -0.3 is 4.57 Å². The van der Waals surface area contributed by atoms with Crippen molar-refractivity contribution in [3.05, 3.63) is 174 Å². The molecule has 0 radical (unpaired) electrons. The number of hydrogen-bond acceptors (Lipinski definition) is 5. The summed E-state index contributed by atoms with van der Waals surface area (Å²) in [4.78, 5) is 19.5. The van der Waals surface area contributed by atoms with E-state index in [0.717, 1.165) is 71.8 Å². The summed E-state index contributed by atoms with van der Waals surface area (Å²) in [5.74, 6) is 0. The summed E-state index contributed by atoms with van der Waals surface area (Å²) in [5, 5.41) is 4.51. The van der Waals surface area contributed by atoms with E-state index in [4.69, 9.17) is 9.97 Å². The Morgan fingerprint density at radius 1 is 0.413 bits per heavy atom. The van der Waals surface area contributed by atoms with Crippen molar-refractivity contribution in [2.45, 2.75) is 0 Å². The maximum absolute atomic E-state index is 16.5. The Morgan fingerprint density at radius 3 is 1.37 bits per heavy atom. The molecule has 6 heteroatoms. The van der Waals surface area contributed by atoms with E-state index in [1.54, 1.807) is 12.4 Å². The zero-order valence-corrected chi connectivity index (χ0v) is 25.5. The van der Waals surface area contributed by atoms with Crippen LogP contribution in [0.2, 0.25) is 0 Å². The third-order valence-corrected chi connectivity index (χ3v) is 11.9. The molecule has 3 aromatic carbocycles. The van der Waals surface area contributed by atoms with E-state index in [-0.39, 0.29) is 0 Å². The van der Waals surface area contributed by atoms with Crippen molar-refractivity contribution >= 4 is 45.0 Å². The van der Waals surface area contributed by atoms with Crippen LogP contribution in [0.4, 0.5) is 0 Å². The van der Waals surface area contributed by atoms with Crippen LogP contribution >= 0.6 is 7.14 Å². The van der Waals surface area contributed by atoms with Crippen molar-refractivity contribution in [3.63, 3.8) is 0 Å². The number of pyridine rings is 4. The molecule has 0 spiro atoms. The third-order valence-electron chi connectivity index (χ3n) is 8.75. The highest BCUT2D eigenvalue weighted by molar-refractivity contribution is 7.91. The highest BCUT2D eigenvalue weighted by Gasteiger charge is 2.50. The minimum absolute atomic E-state index is 0.670. The van der Waals surface area contributed by atoms with Crippen LogP contribution in [0.1, 0.15) is 22.5 Å². The molecule has 0 fully saturated rings. The van der Waals surface area contributed by atoms with Crippen LogP contribution in [0.5, 0.6) is 0 Å². The molecule has 7 aromatic rings. The first kappa shape index (κ1) is 26.6. The average molecular weight is 609 g/mol. The summed E-state index contributed by atoms with van der Waals surface area (Å²) in [6.07, 6.45) is 3.53. The third kappa shape index (κ3) is 3.92. The van der Waals surface area contributed by atoms with E-state index in [9.17, 15) is 0 Å². The average Bonchev–Trinajstić information content (AvgIpc) is 3.60. The molecule has 4 aromatic heterocycles. The molecule has 0 unspecified atom stereocenters. The lowest BCUT2D eigenvalue weighted by Gasteiger charge is -2.22. The summed E-state index contributed by atoms with van der Waals surface area (Å²) in [5.41, 5.74) is 8.37. The van der Waals surface area contributed by atoms with E-state index in [2.05, 4.69) is 46.4 Å². The van der Waals surface area contributed by atoms with Gasteiger partial charge in [-0.1, -0.05) is 91.0 Å². The maximum Gasteiger partial charge on any atom is 0.176 e. The highest BCUT2D eigenvalue weighted by Crippen LogP contribution is 2.78. The fraction of sp³-hybridized carbons (Fsp3) is 0. The Hall–Kier alpha value is -5.77. The quantitative estimate of drug-likeness (QED) is 0.182. The van der Waals surface area contributed by atoms with Gasteiger partial charge in [0.05, 0.1) is 44.8 Å². The van der Waals surface area contributed by atoms with Crippen molar-refractivity contribution < 1.29 is 4.57 Å². The van der Waals surface area contributed by atoms with Gasteiger partial charge in [-0.05, 0) is 70.4 Å². The van der Waals surface area contributed by atoms with Crippen LogP contribution in [-0.4, -0.2) is 19.9 Å². The first-order valence-corrected chi connectivity index (χ1v) is 16.9. The van der Waals surface area contributed by atoms with Crippen molar-refractivity contribution in [1.82, 2.24) is 19.9 Å². The summed E-state index contributed by atoms with van der Waals surface area (Å²) in [6, 6.07) is 46.0. The zero-order chi connectivity index (χ0) is 30.7. The number of fused-ring (bicyclic) bond motifs is 3. The van der Waals surface area contributed by atoms with Gasteiger partial charge in [0.25, 0.3) is 0 Å². The molecule has 5 heterocycles. The van der Waals surface area contributed by atoms with Gasteiger partial charge in [-0.3, -0.25) is 9.97 Å². The summed E-state index contributed by atoms with van der Waals surface area (Å²) < 4.78 is 16.5.